The van der Waals surface area contributed by atoms with Crippen molar-refractivity contribution in [3.63, 3.8) is 0 Å². The second-order valence-electron chi connectivity index (χ2n) is 2.04. The van der Waals surface area contributed by atoms with Crippen molar-refractivity contribution >= 4 is 29.6 Å². The van der Waals surface area contributed by atoms with Crippen LogP contribution in [0.4, 0.5) is 5.82 Å². The van der Waals surface area contributed by atoms with Gasteiger partial charge in [-0.05, 0) is 12.1 Å². The summed E-state index contributed by atoms with van der Waals surface area (Å²) in [5.74, 6) is -0.818. The zero-order valence-electron chi connectivity index (χ0n) is 6.44. The van der Waals surface area contributed by atoms with Crippen LogP contribution in [0.2, 0.25) is 5.02 Å². The predicted molar refractivity (Wildman–Crippen MR) is 49.0 cm³/mol. The zero-order chi connectivity index (χ0) is 9.68. The first-order valence-corrected chi connectivity index (χ1v) is 3.70. The molecule has 0 unspecified atom stereocenters. The molecule has 2 N–H and O–H groups in total. The van der Waals surface area contributed by atoms with Crippen molar-refractivity contribution in [2.45, 2.75) is 0 Å². The van der Waals surface area contributed by atoms with E-state index in [1.807, 2.05) is 0 Å². The minimum absolute atomic E-state index is 0.321. The molecule has 0 saturated heterocycles. The van der Waals surface area contributed by atoms with Crippen molar-refractivity contribution in [2.75, 3.05) is 5.43 Å². The Morgan fingerprint density at radius 1 is 1.77 bits per heavy atom. The van der Waals surface area contributed by atoms with Crippen molar-refractivity contribution < 1.29 is 9.90 Å². The molecule has 0 radical (unpaired) electrons. The molecule has 0 amide bonds. The lowest BCUT2D eigenvalue weighted by molar-refractivity contribution is -0.128. The smallest absolute Gasteiger partial charge is 0.348 e. The van der Waals surface area contributed by atoms with Gasteiger partial charge in [-0.2, -0.15) is 5.10 Å². The SMILES string of the molecule is O=C(O)C=NNc1ncccc1Cl. The number of hydrazone groups is 1. The van der Waals surface area contributed by atoms with E-state index in [9.17, 15) is 4.79 Å². The molecular formula is C7H6ClN3O2. The molecule has 0 atom stereocenters. The number of carbonyl (C=O) groups is 1. The van der Waals surface area contributed by atoms with E-state index in [1.54, 1.807) is 12.1 Å². The van der Waals surface area contributed by atoms with Crippen LogP contribution in [0, 0.1) is 0 Å². The third kappa shape index (κ3) is 3.08. The zero-order valence-corrected chi connectivity index (χ0v) is 7.19. The van der Waals surface area contributed by atoms with Gasteiger partial charge < -0.3 is 5.11 Å². The summed E-state index contributed by atoms with van der Waals surface area (Å²) in [6, 6.07) is 3.28. The molecule has 0 aliphatic rings. The molecule has 6 heteroatoms. The number of carboxylic acids is 1. The molecule has 5 nitrogen and oxygen atoms in total. The van der Waals surface area contributed by atoms with E-state index in [-0.39, 0.29) is 0 Å². The van der Waals surface area contributed by atoms with Gasteiger partial charge in [0.05, 0.1) is 5.02 Å². The number of rotatable bonds is 3. The number of carboxylic acid groups (broad SMARTS) is 1. The fraction of sp³-hybridized carbons (Fsp3) is 0. The summed E-state index contributed by atoms with van der Waals surface area (Å²) in [7, 11) is 0. The van der Waals surface area contributed by atoms with E-state index in [1.165, 1.54) is 6.20 Å². The molecule has 1 aromatic heterocycles. The van der Waals surface area contributed by atoms with Crippen LogP contribution in [0.25, 0.3) is 0 Å². The highest BCUT2D eigenvalue weighted by Crippen LogP contribution is 2.16. The lowest BCUT2D eigenvalue weighted by atomic mass is 10.5. The van der Waals surface area contributed by atoms with Gasteiger partial charge in [0.25, 0.3) is 0 Å². The number of halogens is 1. The average Bonchev–Trinajstić information content (AvgIpc) is 2.08. The highest BCUT2D eigenvalue weighted by atomic mass is 35.5. The van der Waals surface area contributed by atoms with E-state index in [0.29, 0.717) is 17.1 Å². The summed E-state index contributed by atoms with van der Waals surface area (Å²) in [5, 5.41) is 12.0. The molecule has 1 heterocycles. The van der Waals surface area contributed by atoms with Crippen molar-refractivity contribution in [1.29, 1.82) is 0 Å². The third-order valence-electron chi connectivity index (χ3n) is 1.10. The Balaban J connectivity index is 2.64. The van der Waals surface area contributed by atoms with Gasteiger partial charge in [0.1, 0.15) is 6.21 Å². The topological polar surface area (TPSA) is 74.6 Å². The number of aromatic nitrogens is 1. The largest absolute Gasteiger partial charge is 0.477 e. The number of nitrogens with one attached hydrogen (secondary N) is 1. The number of anilines is 1. The standard InChI is InChI=1S/C7H6ClN3O2/c8-5-2-1-3-9-7(5)11-10-4-6(12)13/h1-4H,(H,9,11)(H,12,13). The molecule has 0 bridgehead atoms. The van der Waals surface area contributed by atoms with Gasteiger partial charge in [-0.15, -0.1) is 0 Å². The second-order valence-corrected chi connectivity index (χ2v) is 2.45. The third-order valence-corrected chi connectivity index (χ3v) is 1.41. The number of hydrogen-bond acceptors (Lipinski definition) is 4. The molecule has 0 fully saturated rings. The van der Waals surface area contributed by atoms with Gasteiger partial charge >= 0.3 is 5.97 Å². The maximum atomic E-state index is 10.0. The molecule has 0 aliphatic carbocycles. The minimum atomic E-state index is -1.14. The second kappa shape index (κ2) is 4.42. The quantitative estimate of drug-likeness (QED) is 0.567. The van der Waals surface area contributed by atoms with E-state index in [4.69, 9.17) is 16.7 Å². The summed E-state index contributed by atoms with van der Waals surface area (Å²) < 4.78 is 0. The number of nitrogens with zero attached hydrogens (tertiary/aromatic N) is 2. The summed E-state index contributed by atoms with van der Waals surface area (Å²) in [5.41, 5.74) is 2.39. The Labute approximate surface area is 79.1 Å². The molecule has 13 heavy (non-hydrogen) atoms. The Hall–Kier alpha value is -1.62. The van der Waals surface area contributed by atoms with Crippen LogP contribution in [-0.2, 0) is 4.79 Å². The molecule has 0 spiro atoms. The Morgan fingerprint density at radius 3 is 3.15 bits per heavy atom. The summed E-state index contributed by atoms with van der Waals surface area (Å²) in [6.45, 7) is 0. The summed E-state index contributed by atoms with van der Waals surface area (Å²) in [6.07, 6.45) is 2.23. The number of hydrogen-bond donors (Lipinski definition) is 2. The average molecular weight is 200 g/mol. The van der Waals surface area contributed by atoms with Crippen LogP contribution < -0.4 is 5.43 Å². The molecule has 68 valence electrons. The molecule has 0 aromatic carbocycles. The van der Waals surface area contributed by atoms with Gasteiger partial charge in [0.2, 0.25) is 0 Å². The van der Waals surface area contributed by atoms with Crippen LogP contribution in [0.3, 0.4) is 0 Å². The van der Waals surface area contributed by atoms with Crippen LogP contribution in [-0.4, -0.2) is 22.3 Å². The Bertz CT molecular complexity index is 340. The van der Waals surface area contributed by atoms with Crippen LogP contribution >= 0.6 is 11.6 Å². The molecule has 1 aromatic rings. The van der Waals surface area contributed by atoms with Crippen LogP contribution in [0.1, 0.15) is 0 Å². The van der Waals surface area contributed by atoms with Crippen LogP contribution in [0.5, 0.6) is 0 Å². The van der Waals surface area contributed by atoms with Gasteiger partial charge in [0.15, 0.2) is 5.82 Å². The Morgan fingerprint density at radius 2 is 2.54 bits per heavy atom. The van der Waals surface area contributed by atoms with Gasteiger partial charge in [-0.1, -0.05) is 11.6 Å². The van der Waals surface area contributed by atoms with Gasteiger partial charge in [-0.25, -0.2) is 9.78 Å². The van der Waals surface area contributed by atoms with Gasteiger partial charge in [0, 0.05) is 6.20 Å². The van der Waals surface area contributed by atoms with E-state index in [2.05, 4.69) is 15.5 Å². The number of pyridine rings is 1. The summed E-state index contributed by atoms with van der Waals surface area (Å²) >= 11 is 5.69. The highest BCUT2D eigenvalue weighted by Gasteiger charge is 1.96. The first-order valence-electron chi connectivity index (χ1n) is 3.32. The summed E-state index contributed by atoms with van der Waals surface area (Å²) in [4.78, 5) is 13.9. The molecular weight excluding hydrogens is 194 g/mol. The molecule has 0 aliphatic heterocycles. The van der Waals surface area contributed by atoms with E-state index in [0.717, 1.165) is 0 Å². The maximum absolute atomic E-state index is 10.0. The molecule has 0 saturated carbocycles. The monoisotopic (exact) mass is 199 g/mol. The first-order chi connectivity index (χ1) is 6.20. The van der Waals surface area contributed by atoms with Crippen molar-refractivity contribution in [1.82, 2.24) is 4.98 Å². The van der Waals surface area contributed by atoms with E-state index >= 15 is 0 Å². The predicted octanol–water partition coefficient (Wildman–Crippen LogP) is 1.22. The lowest BCUT2D eigenvalue weighted by Crippen LogP contribution is -1.99. The minimum Gasteiger partial charge on any atom is -0.477 e. The molecule has 1 rings (SSSR count). The highest BCUT2D eigenvalue weighted by molar-refractivity contribution is 6.32. The maximum Gasteiger partial charge on any atom is 0.348 e. The number of aliphatic carboxylic acids is 1. The van der Waals surface area contributed by atoms with Crippen molar-refractivity contribution in [2.24, 2.45) is 5.10 Å². The fourth-order valence-corrected chi connectivity index (χ4v) is 0.780. The fourth-order valence-electron chi connectivity index (χ4n) is 0.617. The lowest BCUT2D eigenvalue weighted by Gasteiger charge is -1.98. The van der Waals surface area contributed by atoms with Crippen molar-refractivity contribution in [3.05, 3.63) is 23.4 Å². The van der Waals surface area contributed by atoms with Gasteiger partial charge in [-0.3, -0.25) is 5.43 Å². The van der Waals surface area contributed by atoms with Crippen molar-refractivity contribution in [3.8, 4) is 0 Å². The Kier molecular flexibility index (Phi) is 3.22. The first kappa shape index (κ1) is 9.47. The van der Waals surface area contributed by atoms with E-state index < -0.39 is 5.97 Å². The normalized spacial score (nSPS) is 10.2. The van der Waals surface area contributed by atoms with Crippen LogP contribution in [0.15, 0.2) is 23.4 Å².